The van der Waals surface area contributed by atoms with Gasteiger partial charge in [-0.05, 0) is 24.3 Å². The molecule has 2 rings (SSSR count). The number of nitrogens with one attached hydrogen (secondary N) is 1. The Kier molecular flexibility index (Phi) is 3.96. The Bertz CT molecular complexity index is 527. The lowest BCUT2D eigenvalue weighted by molar-refractivity contribution is 1.28. The predicted molar refractivity (Wildman–Crippen MR) is 71.9 cm³/mol. The van der Waals surface area contributed by atoms with Gasteiger partial charge in [-0.15, -0.1) is 0 Å². The maximum atomic E-state index is 5.94. The van der Waals surface area contributed by atoms with Gasteiger partial charge in [0, 0.05) is 0 Å². The minimum atomic E-state index is 0.385. The van der Waals surface area contributed by atoms with E-state index >= 15 is 0 Å². The molecule has 0 fully saturated rings. The van der Waals surface area contributed by atoms with Crippen molar-refractivity contribution in [2.24, 2.45) is 5.10 Å². The second kappa shape index (κ2) is 5.66. The highest BCUT2D eigenvalue weighted by molar-refractivity contribution is 6.34. The summed E-state index contributed by atoms with van der Waals surface area (Å²) in [7, 11) is 0. The van der Waals surface area contributed by atoms with Crippen LogP contribution in [0.2, 0.25) is 10.2 Å². The molecule has 0 atom stereocenters. The van der Waals surface area contributed by atoms with Crippen LogP contribution in [0.5, 0.6) is 0 Å². The van der Waals surface area contributed by atoms with E-state index in [0.717, 1.165) is 5.69 Å². The number of hydrogen-bond acceptors (Lipinski definition) is 3. The topological polar surface area (TPSA) is 37.3 Å². The average Bonchev–Trinajstić information content (AvgIpc) is 2.35. The lowest BCUT2D eigenvalue weighted by Gasteiger charge is -1.99. The Morgan fingerprint density at radius 2 is 1.82 bits per heavy atom. The highest BCUT2D eigenvalue weighted by Gasteiger charge is 1.99. The molecule has 86 valence electrons. The van der Waals surface area contributed by atoms with Crippen LogP contribution in [0.25, 0.3) is 0 Å². The summed E-state index contributed by atoms with van der Waals surface area (Å²) in [5.41, 5.74) is 4.29. The fourth-order valence-electron chi connectivity index (χ4n) is 1.20. The summed E-state index contributed by atoms with van der Waals surface area (Å²) < 4.78 is 0. The lowest BCUT2D eigenvalue weighted by Crippen LogP contribution is -1.93. The first-order valence-electron chi connectivity index (χ1n) is 4.92. The number of hydrazone groups is 1. The van der Waals surface area contributed by atoms with Crippen molar-refractivity contribution in [1.82, 2.24) is 4.98 Å². The van der Waals surface area contributed by atoms with Gasteiger partial charge in [-0.3, -0.25) is 5.43 Å². The quantitative estimate of drug-likeness (QED) is 0.520. The van der Waals surface area contributed by atoms with E-state index in [1.807, 2.05) is 30.3 Å². The van der Waals surface area contributed by atoms with E-state index in [-0.39, 0.29) is 0 Å². The van der Waals surface area contributed by atoms with Crippen LogP contribution in [0.4, 0.5) is 5.69 Å². The normalized spacial score (nSPS) is 10.7. The minimum absolute atomic E-state index is 0.385. The van der Waals surface area contributed by atoms with E-state index in [4.69, 9.17) is 23.2 Å². The van der Waals surface area contributed by atoms with Crippen LogP contribution in [0.1, 0.15) is 5.69 Å². The molecule has 0 radical (unpaired) electrons. The van der Waals surface area contributed by atoms with Gasteiger partial charge in [0.15, 0.2) is 0 Å². The van der Waals surface area contributed by atoms with Gasteiger partial charge in [-0.25, -0.2) is 4.98 Å². The van der Waals surface area contributed by atoms with Crippen molar-refractivity contribution in [1.29, 1.82) is 0 Å². The maximum absolute atomic E-state index is 5.94. The first kappa shape index (κ1) is 11.9. The molecule has 0 saturated carbocycles. The number of nitrogens with zero attached hydrogens (tertiary/aromatic N) is 2. The number of halogens is 2. The van der Waals surface area contributed by atoms with Crippen LogP contribution < -0.4 is 5.43 Å². The number of anilines is 1. The molecule has 1 heterocycles. The fraction of sp³-hybridized carbons (Fsp3) is 0. The third-order valence-electron chi connectivity index (χ3n) is 1.99. The molecule has 0 aliphatic heterocycles. The SMILES string of the molecule is Clc1ccc(Cl)c(/C=N/Nc2ccccc2)n1. The molecule has 1 aromatic heterocycles. The van der Waals surface area contributed by atoms with Crippen LogP contribution in [0, 0.1) is 0 Å². The third-order valence-corrected chi connectivity index (χ3v) is 2.52. The van der Waals surface area contributed by atoms with Crippen molar-refractivity contribution in [3.05, 3.63) is 58.3 Å². The molecule has 0 spiro atoms. The number of hydrogen-bond donors (Lipinski definition) is 1. The first-order valence-corrected chi connectivity index (χ1v) is 5.67. The molecule has 5 heteroatoms. The van der Waals surface area contributed by atoms with Gasteiger partial charge in [0.05, 0.1) is 16.9 Å². The van der Waals surface area contributed by atoms with Crippen molar-refractivity contribution < 1.29 is 0 Å². The van der Waals surface area contributed by atoms with E-state index < -0.39 is 0 Å². The van der Waals surface area contributed by atoms with Crippen LogP contribution in [0.3, 0.4) is 0 Å². The second-order valence-electron chi connectivity index (χ2n) is 3.24. The summed E-state index contributed by atoms with van der Waals surface area (Å²) in [6, 6.07) is 12.9. The number of rotatable bonds is 3. The summed E-state index contributed by atoms with van der Waals surface area (Å²) in [6.07, 6.45) is 1.53. The van der Waals surface area contributed by atoms with Gasteiger partial charge in [0.1, 0.15) is 10.8 Å². The first-order chi connectivity index (χ1) is 8.25. The highest BCUT2D eigenvalue weighted by atomic mass is 35.5. The Labute approximate surface area is 109 Å². The monoisotopic (exact) mass is 265 g/mol. The van der Waals surface area contributed by atoms with E-state index in [0.29, 0.717) is 15.9 Å². The molecular weight excluding hydrogens is 257 g/mol. The number of aromatic nitrogens is 1. The molecule has 1 aromatic carbocycles. The van der Waals surface area contributed by atoms with Crippen molar-refractivity contribution in [3.63, 3.8) is 0 Å². The summed E-state index contributed by atoms with van der Waals surface area (Å²) in [5, 5.41) is 4.93. The number of para-hydroxylation sites is 1. The highest BCUT2D eigenvalue weighted by Crippen LogP contribution is 2.15. The smallest absolute Gasteiger partial charge is 0.129 e. The zero-order valence-electron chi connectivity index (χ0n) is 8.77. The zero-order chi connectivity index (χ0) is 12.1. The van der Waals surface area contributed by atoms with E-state index in [1.54, 1.807) is 12.1 Å². The van der Waals surface area contributed by atoms with Crippen LogP contribution >= 0.6 is 23.2 Å². The molecular formula is C12H9Cl2N3. The molecule has 1 N–H and O–H groups in total. The van der Waals surface area contributed by atoms with Gasteiger partial charge in [0.2, 0.25) is 0 Å². The van der Waals surface area contributed by atoms with Crippen molar-refractivity contribution in [3.8, 4) is 0 Å². The largest absolute Gasteiger partial charge is 0.278 e. The van der Waals surface area contributed by atoms with Gasteiger partial charge >= 0.3 is 0 Å². The Balaban J connectivity index is 2.08. The Morgan fingerprint density at radius 3 is 2.59 bits per heavy atom. The van der Waals surface area contributed by atoms with Gasteiger partial charge in [-0.2, -0.15) is 5.10 Å². The minimum Gasteiger partial charge on any atom is -0.278 e. The fourth-order valence-corrected chi connectivity index (χ4v) is 1.51. The summed E-state index contributed by atoms with van der Waals surface area (Å²) in [4.78, 5) is 4.05. The number of benzene rings is 1. The average molecular weight is 266 g/mol. The van der Waals surface area contributed by atoms with Crippen LogP contribution in [-0.4, -0.2) is 11.2 Å². The van der Waals surface area contributed by atoms with Crippen molar-refractivity contribution in [2.75, 3.05) is 5.43 Å². The molecule has 2 aromatic rings. The summed E-state index contributed by atoms with van der Waals surface area (Å²) in [6.45, 7) is 0. The Morgan fingerprint density at radius 1 is 1.06 bits per heavy atom. The van der Waals surface area contributed by atoms with E-state index in [1.165, 1.54) is 6.21 Å². The molecule has 0 bridgehead atoms. The molecule has 0 aliphatic rings. The number of pyridine rings is 1. The van der Waals surface area contributed by atoms with Gasteiger partial charge < -0.3 is 0 Å². The van der Waals surface area contributed by atoms with E-state index in [9.17, 15) is 0 Å². The molecule has 0 aliphatic carbocycles. The summed E-state index contributed by atoms with van der Waals surface area (Å²) in [5.74, 6) is 0. The van der Waals surface area contributed by atoms with Crippen LogP contribution in [0.15, 0.2) is 47.6 Å². The molecule has 3 nitrogen and oxygen atoms in total. The van der Waals surface area contributed by atoms with Crippen molar-refractivity contribution >= 4 is 35.1 Å². The standard InChI is InChI=1S/C12H9Cl2N3/c13-10-6-7-12(14)16-11(10)8-15-17-9-4-2-1-3-5-9/h1-8,17H/b15-8+. The lowest BCUT2D eigenvalue weighted by atomic mass is 10.3. The van der Waals surface area contributed by atoms with Gasteiger partial charge in [0.25, 0.3) is 0 Å². The van der Waals surface area contributed by atoms with Crippen molar-refractivity contribution in [2.45, 2.75) is 0 Å². The zero-order valence-corrected chi connectivity index (χ0v) is 10.3. The molecule has 0 saturated heterocycles. The molecule has 17 heavy (non-hydrogen) atoms. The maximum Gasteiger partial charge on any atom is 0.129 e. The van der Waals surface area contributed by atoms with E-state index in [2.05, 4.69) is 15.5 Å². The van der Waals surface area contributed by atoms with Gasteiger partial charge in [-0.1, -0.05) is 41.4 Å². The molecule has 0 unspecified atom stereocenters. The van der Waals surface area contributed by atoms with Crippen LogP contribution in [-0.2, 0) is 0 Å². The second-order valence-corrected chi connectivity index (χ2v) is 4.03. The predicted octanol–water partition coefficient (Wildman–Crippen LogP) is 3.83. The third kappa shape index (κ3) is 3.44. The summed E-state index contributed by atoms with van der Waals surface area (Å²) >= 11 is 11.7. The Hall–Kier alpha value is -1.58. The molecule has 0 amide bonds.